The monoisotopic (exact) mass is 615 g/mol. The van der Waals surface area contributed by atoms with E-state index in [0.717, 1.165) is 0 Å². The molecule has 1 heterocycles. The van der Waals surface area contributed by atoms with Crippen molar-refractivity contribution in [3.05, 3.63) is 106 Å². The lowest BCUT2D eigenvalue weighted by Crippen LogP contribution is -2.59. The Hall–Kier alpha value is -2.69. The Bertz CT molecular complexity index is 1530. The molecule has 0 aromatic heterocycles. The molecule has 42 heavy (non-hydrogen) atoms. The Balaban J connectivity index is 1.37. The number of hydrogen-bond donors (Lipinski definition) is 2. The third-order valence-corrected chi connectivity index (χ3v) is 11.1. The number of rotatable bonds is 11. The van der Waals surface area contributed by atoms with E-state index in [9.17, 15) is 17.6 Å². The Morgan fingerprint density at radius 2 is 1.76 bits per heavy atom. The Morgan fingerprint density at radius 3 is 2.45 bits per heavy atom. The first-order valence-corrected chi connectivity index (χ1v) is 16.2. The van der Waals surface area contributed by atoms with E-state index < -0.39 is 33.6 Å². The van der Waals surface area contributed by atoms with Gasteiger partial charge in [0.15, 0.2) is 5.78 Å². The van der Waals surface area contributed by atoms with Crippen molar-refractivity contribution >= 4 is 27.4 Å². The van der Waals surface area contributed by atoms with Crippen LogP contribution in [0.25, 0.3) is 0 Å². The number of Topliss-reactive ketones (excluding diaryl/α,β-unsaturated/α-hetero) is 1. The van der Waals surface area contributed by atoms with Crippen molar-refractivity contribution in [2.45, 2.75) is 68.3 Å². The second kappa shape index (κ2) is 12.9. The molecule has 0 spiro atoms. The molecule has 0 radical (unpaired) electrons. The van der Waals surface area contributed by atoms with E-state index in [1.54, 1.807) is 52.8 Å². The van der Waals surface area contributed by atoms with Gasteiger partial charge in [-0.15, -0.1) is 0 Å². The smallest absolute Gasteiger partial charge is 0.217 e. The highest BCUT2D eigenvalue weighted by Crippen LogP contribution is 2.35. The van der Waals surface area contributed by atoms with Crippen molar-refractivity contribution in [3.63, 3.8) is 0 Å². The van der Waals surface area contributed by atoms with Crippen LogP contribution >= 0.6 is 11.6 Å². The van der Waals surface area contributed by atoms with E-state index in [0.29, 0.717) is 59.6 Å². The lowest BCUT2D eigenvalue weighted by atomic mass is 9.82. The molecule has 1 saturated carbocycles. The Labute approximate surface area is 251 Å². The molecular weight excluding hydrogens is 580 g/mol. The van der Waals surface area contributed by atoms with Crippen LogP contribution in [0.5, 0.6) is 0 Å². The van der Waals surface area contributed by atoms with Crippen molar-refractivity contribution in [1.82, 2.24) is 9.62 Å². The van der Waals surface area contributed by atoms with Crippen LogP contribution in [0, 0.1) is 11.6 Å². The van der Waals surface area contributed by atoms with Crippen molar-refractivity contribution in [2.24, 2.45) is 5.73 Å². The minimum absolute atomic E-state index is 0.114. The number of piperazine rings is 1. The molecule has 10 heteroatoms. The van der Waals surface area contributed by atoms with Gasteiger partial charge in [-0.05, 0) is 85.2 Å². The van der Waals surface area contributed by atoms with Crippen molar-refractivity contribution in [1.29, 1.82) is 0 Å². The lowest BCUT2D eigenvalue weighted by molar-refractivity contribution is -0.119. The molecule has 1 saturated heterocycles. The second-order valence-electron chi connectivity index (χ2n) is 11.4. The van der Waals surface area contributed by atoms with E-state index in [1.807, 2.05) is 6.92 Å². The summed E-state index contributed by atoms with van der Waals surface area (Å²) in [6.45, 7) is 2.95. The number of nitrogens with two attached hydrogens (primary N) is 1. The van der Waals surface area contributed by atoms with Crippen molar-refractivity contribution < 1.29 is 22.0 Å². The van der Waals surface area contributed by atoms with Crippen LogP contribution in [-0.2, 0) is 27.7 Å². The van der Waals surface area contributed by atoms with Crippen LogP contribution in [0.1, 0.15) is 54.4 Å². The molecule has 2 aliphatic rings. The fraction of sp³-hybridized carbons (Fsp3) is 0.406. The molecule has 4 atom stereocenters. The first-order chi connectivity index (χ1) is 20.1. The number of carbonyl (C=O) groups is 1. The van der Waals surface area contributed by atoms with Gasteiger partial charge in [-0.3, -0.25) is 4.79 Å². The average molecular weight is 616 g/mol. The van der Waals surface area contributed by atoms with Gasteiger partial charge in [0.1, 0.15) is 11.6 Å². The number of benzene rings is 3. The summed E-state index contributed by atoms with van der Waals surface area (Å²) >= 11 is 6.08. The third-order valence-electron chi connectivity index (χ3n) is 8.33. The summed E-state index contributed by atoms with van der Waals surface area (Å²) in [5.74, 6) is -1.85. The van der Waals surface area contributed by atoms with E-state index >= 15 is 4.39 Å². The fourth-order valence-electron chi connectivity index (χ4n) is 6.05. The highest BCUT2D eigenvalue weighted by molar-refractivity contribution is 7.90. The number of nitrogens with zero attached hydrogens (tertiary/aromatic N) is 1. The molecule has 3 N–H and O–H groups in total. The van der Waals surface area contributed by atoms with Crippen LogP contribution in [0.4, 0.5) is 8.78 Å². The quantitative estimate of drug-likeness (QED) is 0.318. The Morgan fingerprint density at radius 1 is 1.05 bits per heavy atom. The number of sulfonamides is 1. The van der Waals surface area contributed by atoms with Crippen LogP contribution in [-0.4, -0.2) is 55.0 Å². The van der Waals surface area contributed by atoms with Gasteiger partial charge < -0.3 is 11.1 Å². The number of halogens is 3. The summed E-state index contributed by atoms with van der Waals surface area (Å²) in [5.41, 5.74) is 8.73. The van der Waals surface area contributed by atoms with Gasteiger partial charge in [-0.25, -0.2) is 17.2 Å². The number of nitrogens with one attached hydrogen (secondary N) is 1. The maximum absolute atomic E-state index is 15.2. The highest BCUT2D eigenvalue weighted by atomic mass is 35.5. The number of carbonyl (C=O) groups excluding carboxylic acids is 1. The molecule has 3 aromatic carbocycles. The molecule has 2 fully saturated rings. The molecule has 6 nitrogen and oxygen atoms in total. The predicted octanol–water partition coefficient (Wildman–Crippen LogP) is 4.98. The van der Waals surface area contributed by atoms with Crippen LogP contribution in [0.3, 0.4) is 0 Å². The first-order valence-electron chi connectivity index (χ1n) is 14.3. The largest absolute Gasteiger partial charge is 0.321 e. The van der Waals surface area contributed by atoms with Gasteiger partial charge in [0.2, 0.25) is 10.0 Å². The molecule has 0 unspecified atom stereocenters. The highest BCUT2D eigenvalue weighted by Gasteiger charge is 2.45. The average Bonchev–Trinajstić information content (AvgIpc) is 3.80. The fourth-order valence-corrected chi connectivity index (χ4v) is 8.43. The SMILES string of the molecule is C[C@@H]1CNC[C@H](CCc2c(F)cccc2CC(=O)[C@@H](N)[C@@H](c2ccc(Cl)cc2)c2cccc(F)c2)N1S(=O)(=O)C1CC1. The summed E-state index contributed by atoms with van der Waals surface area (Å²) in [7, 11) is -3.42. The molecular formula is C32H36ClF2N3O3S. The molecule has 1 aliphatic heterocycles. The standard InChI is InChI=1S/C32H36ClF2N3O3S/c1-20-18-37-19-26(38(20)42(40,41)27-13-14-27)12-15-28-22(4-3-7-29(28)35)17-30(39)32(36)31(21-8-10-24(33)11-9-21)23-5-2-6-25(34)16-23/h2-11,16,20,26-27,31-32,37H,12-15,17-19,36H2,1H3/t20-,26+,31+,32-/m1/s1. The molecule has 0 bridgehead atoms. The van der Waals surface area contributed by atoms with E-state index in [2.05, 4.69) is 5.32 Å². The van der Waals surface area contributed by atoms with Crippen molar-refractivity contribution in [2.75, 3.05) is 13.1 Å². The second-order valence-corrected chi connectivity index (χ2v) is 14.0. The van der Waals surface area contributed by atoms with E-state index in [-0.39, 0.29) is 36.0 Å². The summed E-state index contributed by atoms with van der Waals surface area (Å²) in [4.78, 5) is 13.7. The number of ketones is 1. The summed E-state index contributed by atoms with van der Waals surface area (Å²) < 4.78 is 57.5. The van der Waals surface area contributed by atoms with E-state index in [4.69, 9.17) is 17.3 Å². The van der Waals surface area contributed by atoms with Gasteiger partial charge >= 0.3 is 0 Å². The number of hydrogen-bond acceptors (Lipinski definition) is 5. The van der Waals surface area contributed by atoms with Gasteiger partial charge in [-0.1, -0.05) is 48.0 Å². The normalized spacial score (nSPS) is 21.2. The van der Waals surface area contributed by atoms with Crippen LogP contribution < -0.4 is 11.1 Å². The summed E-state index contributed by atoms with van der Waals surface area (Å²) in [6, 6.07) is 16.0. The van der Waals surface area contributed by atoms with Crippen LogP contribution in [0.15, 0.2) is 66.7 Å². The zero-order valence-electron chi connectivity index (χ0n) is 23.5. The molecule has 5 rings (SSSR count). The van der Waals surface area contributed by atoms with Gasteiger partial charge in [0.25, 0.3) is 0 Å². The van der Waals surface area contributed by atoms with Gasteiger partial charge in [0, 0.05) is 42.5 Å². The van der Waals surface area contributed by atoms with Gasteiger partial charge in [-0.2, -0.15) is 4.31 Å². The van der Waals surface area contributed by atoms with Crippen LogP contribution in [0.2, 0.25) is 5.02 Å². The van der Waals surface area contributed by atoms with Gasteiger partial charge in [0.05, 0.1) is 11.3 Å². The molecule has 224 valence electrons. The first kappa shape index (κ1) is 30.8. The molecule has 0 amide bonds. The summed E-state index contributed by atoms with van der Waals surface area (Å²) in [5, 5.41) is 3.50. The van der Waals surface area contributed by atoms with Crippen molar-refractivity contribution in [3.8, 4) is 0 Å². The van der Waals surface area contributed by atoms with E-state index in [1.165, 1.54) is 18.2 Å². The molecule has 3 aromatic rings. The maximum Gasteiger partial charge on any atom is 0.217 e. The minimum Gasteiger partial charge on any atom is -0.321 e. The predicted molar refractivity (Wildman–Crippen MR) is 161 cm³/mol. The third kappa shape index (κ3) is 6.76. The maximum atomic E-state index is 15.2. The summed E-state index contributed by atoms with van der Waals surface area (Å²) in [6.07, 6.45) is 1.92. The zero-order chi connectivity index (χ0) is 30.0. The topological polar surface area (TPSA) is 92.5 Å². The lowest BCUT2D eigenvalue weighted by Gasteiger charge is -2.40. The molecule has 1 aliphatic carbocycles. The zero-order valence-corrected chi connectivity index (χ0v) is 25.1. The minimum atomic E-state index is -3.42. The Kier molecular flexibility index (Phi) is 9.44.